The first kappa shape index (κ1) is 9.43. The van der Waals surface area contributed by atoms with Gasteiger partial charge in [-0.15, -0.1) is 11.3 Å². The van der Waals surface area contributed by atoms with Crippen molar-refractivity contribution in [2.24, 2.45) is 0 Å². The van der Waals surface area contributed by atoms with Gasteiger partial charge in [0.1, 0.15) is 17.9 Å². The Bertz CT molecular complexity index is 439. The fourth-order valence-electron chi connectivity index (χ4n) is 1.31. The van der Waals surface area contributed by atoms with Gasteiger partial charge in [-0.05, 0) is 19.1 Å². The van der Waals surface area contributed by atoms with Crippen molar-refractivity contribution >= 4 is 21.6 Å². The van der Waals surface area contributed by atoms with Crippen molar-refractivity contribution in [2.45, 2.75) is 6.92 Å². The lowest BCUT2D eigenvalue weighted by Crippen LogP contribution is -2.01. The van der Waals surface area contributed by atoms with Crippen molar-refractivity contribution < 1.29 is 9.84 Å². The summed E-state index contributed by atoms with van der Waals surface area (Å²) in [6.45, 7) is 2.32. The third-order valence-electron chi connectivity index (χ3n) is 1.84. The Hall–Kier alpha value is -1.13. The minimum Gasteiger partial charge on any atom is -0.489 e. The Morgan fingerprint density at radius 1 is 1.50 bits per heavy atom. The van der Waals surface area contributed by atoms with Crippen LogP contribution in [0.25, 0.3) is 10.2 Å². The van der Waals surface area contributed by atoms with Crippen molar-refractivity contribution in [3.63, 3.8) is 0 Å². The number of aryl methyl sites for hydroxylation is 1. The number of thiazole rings is 1. The first-order chi connectivity index (χ1) is 6.81. The first-order valence-corrected chi connectivity index (χ1v) is 5.23. The van der Waals surface area contributed by atoms with Crippen LogP contribution in [-0.2, 0) is 0 Å². The maximum atomic E-state index is 8.66. The monoisotopic (exact) mass is 209 g/mol. The van der Waals surface area contributed by atoms with Crippen LogP contribution in [0.5, 0.6) is 5.75 Å². The van der Waals surface area contributed by atoms with Gasteiger partial charge in [0.25, 0.3) is 0 Å². The van der Waals surface area contributed by atoms with E-state index >= 15 is 0 Å². The highest BCUT2D eigenvalue weighted by Crippen LogP contribution is 2.29. The summed E-state index contributed by atoms with van der Waals surface area (Å²) in [5.74, 6) is 0.751. The molecule has 3 nitrogen and oxygen atoms in total. The number of para-hydroxylation sites is 1. The summed E-state index contributed by atoms with van der Waals surface area (Å²) in [6, 6.07) is 5.83. The predicted octanol–water partition coefficient (Wildman–Crippen LogP) is 1.98. The lowest BCUT2D eigenvalue weighted by molar-refractivity contribution is 0.202. The van der Waals surface area contributed by atoms with E-state index in [-0.39, 0.29) is 6.61 Å². The molecule has 1 aromatic heterocycles. The number of rotatable bonds is 3. The molecule has 1 N–H and O–H groups in total. The average molecular weight is 209 g/mol. The fraction of sp³-hybridized carbons (Fsp3) is 0.300. The van der Waals surface area contributed by atoms with Gasteiger partial charge in [-0.1, -0.05) is 6.07 Å². The van der Waals surface area contributed by atoms with Crippen LogP contribution in [-0.4, -0.2) is 23.3 Å². The number of ether oxygens (including phenoxy) is 1. The van der Waals surface area contributed by atoms with E-state index in [9.17, 15) is 0 Å². The summed E-state index contributed by atoms with van der Waals surface area (Å²) in [5, 5.41) is 9.69. The van der Waals surface area contributed by atoms with E-state index in [0.29, 0.717) is 6.61 Å². The van der Waals surface area contributed by atoms with Gasteiger partial charge in [0.2, 0.25) is 0 Å². The molecular formula is C10H11NO2S. The van der Waals surface area contributed by atoms with Gasteiger partial charge in [-0.3, -0.25) is 0 Å². The molecule has 14 heavy (non-hydrogen) atoms. The van der Waals surface area contributed by atoms with Crippen molar-refractivity contribution in [3.8, 4) is 5.75 Å². The predicted molar refractivity (Wildman–Crippen MR) is 56.9 cm³/mol. The largest absolute Gasteiger partial charge is 0.489 e. The number of nitrogens with zero attached hydrogens (tertiary/aromatic N) is 1. The lowest BCUT2D eigenvalue weighted by atomic mass is 10.3. The molecule has 0 aliphatic carbocycles. The molecule has 0 spiro atoms. The van der Waals surface area contributed by atoms with Crippen LogP contribution in [0.2, 0.25) is 0 Å². The van der Waals surface area contributed by atoms with E-state index in [1.165, 1.54) is 0 Å². The molecule has 0 bridgehead atoms. The highest BCUT2D eigenvalue weighted by Gasteiger charge is 2.05. The van der Waals surface area contributed by atoms with E-state index in [1.807, 2.05) is 25.1 Å². The fourth-order valence-corrected chi connectivity index (χ4v) is 2.15. The van der Waals surface area contributed by atoms with Gasteiger partial charge >= 0.3 is 0 Å². The van der Waals surface area contributed by atoms with Gasteiger partial charge in [0.05, 0.1) is 16.3 Å². The molecule has 0 radical (unpaired) electrons. The minimum atomic E-state index is 0.0273. The molecule has 0 unspecified atom stereocenters. The van der Waals surface area contributed by atoms with Crippen LogP contribution in [0.15, 0.2) is 18.2 Å². The smallest absolute Gasteiger partial charge is 0.146 e. The van der Waals surface area contributed by atoms with Crippen LogP contribution in [0.1, 0.15) is 5.01 Å². The Morgan fingerprint density at radius 3 is 3.14 bits per heavy atom. The molecule has 0 atom stereocenters. The number of aromatic nitrogens is 1. The molecule has 1 heterocycles. The van der Waals surface area contributed by atoms with E-state index in [4.69, 9.17) is 9.84 Å². The number of aliphatic hydroxyl groups excluding tert-OH is 1. The maximum absolute atomic E-state index is 8.66. The molecule has 0 aliphatic rings. The van der Waals surface area contributed by atoms with Crippen LogP contribution < -0.4 is 4.74 Å². The first-order valence-electron chi connectivity index (χ1n) is 4.41. The maximum Gasteiger partial charge on any atom is 0.146 e. The summed E-state index contributed by atoms with van der Waals surface area (Å²) in [6.07, 6.45) is 0. The second kappa shape index (κ2) is 3.94. The molecule has 2 aromatic rings. The standard InChI is InChI=1S/C10H11NO2S/c1-7-11-10-8(13-6-5-12)3-2-4-9(10)14-7/h2-4,12H,5-6H2,1H3. The molecular weight excluding hydrogens is 198 g/mol. The van der Waals surface area contributed by atoms with Crippen molar-refractivity contribution in [1.29, 1.82) is 0 Å². The molecule has 0 amide bonds. The second-order valence-electron chi connectivity index (χ2n) is 2.91. The summed E-state index contributed by atoms with van der Waals surface area (Å²) >= 11 is 1.65. The summed E-state index contributed by atoms with van der Waals surface area (Å²) < 4.78 is 6.50. The molecule has 1 aromatic carbocycles. The van der Waals surface area contributed by atoms with E-state index < -0.39 is 0 Å². The molecule has 4 heteroatoms. The summed E-state index contributed by atoms with van der Waals surface area (Å²) in [7, 11) is 0. The van der Waals surface area contributed by atoms with Crippen LogP contribution >= 0.6 is 11.3 Å². The van der Waals surface area contributed by atoms with Crippen molar-refractivity contribution in [2.75, 3.05) is 13.2 Å². The normalized spacial score (nSPS) is 10.7. The highest BCUT2D eigenvalue weighted by atomic mass is 32.1. The Kier molecular flexibility index (Phi) is 2.65. The van der Waals surface area contributed by atoms with Crippen LogP contribution in [0.3, 0.4) is 0 Å². The zero-order valence-corrected chi connectivity index (χ0v) is 8.67. The van der Waals surface area contributed by atoms with E-state index in [0.717, 1.165) is 21.0 Å². The third kappa shape index (κ3) is 1.71. The van der Waals surface area contributed by atoms with Gasteiger partial charge in [-0.2, -0.15) is 0 Å². The van der Waals surface area contributed by atoms with E-state index in [2.05, 4.69) is 4.98 Å². The molecule has 74 valence electrons. The van der Waals surface area contributed by atoms with Gasteiger partial charge < -0.3 is 9.84 Å². The Balaban J connectivity index is 2.42. The molecule has 0 aliphatic heterocycles. The topological polar surface area (TPSA) is 42.4 Å². The SMILES string of the molecule is Cc1nc2c(OCCO)cccc2s1. The number of hydrogen-bond acceptors (Lipinski definition) is 4. The quantitative estimate of drug-likeness (QED) is 0.840. The number of hydrogen-bond donors (Lipinski definition) is 1. The lowest BCUT2D eigenvalue weighted by Gasteiger charge is -2.03. The third-order valence-corrected chi connectivity index (χ3v) is 2.77. The zero-order valence-electron chi connectivity index (χ0n) is 7.86. The minimum absolute atomic E-state index is 0.0273. The van der Waals surface area contributed by atoms with Gasteiger partial charge in [0, 0.05) is 0 Å². The van der Waals surface area contributed by atoms with E-state index in [1.54, 1.807) is 11.3 Å². The second-order valence-corrected chi connectivity index (χ2v) is 4.14. The Morgan fingerprint density at radius 2 is 2.36 bits per heavy atom. The molecule has 0 saturated heterocycles. The number of aliphatic hydroxyl groups is 1. The highest BCUT2D eigenvalue weighted by molar-refractivity contribution is 7.18. The summed E-state index contributed by atoms with van der Waals surface area (Å²) in [5.41, 5.74) is 0.892. The molecule has 0 fully saturated rings. The van der Waals surface area contributed by atoms with Crippen LogP contribution in [0, 0.1) is 6.92 Å². The van der Waals surface area contributed by atoms with Gasteiger partial charge in [0.15, 0.2) is 0 Å². The Labute approximate surface area is 86.0 Å². The molecule has 2 rings (SSSR count). The zero-order chi connectivity index (χ0) is 9.97. The summed E-state index contributed by atoms with van der Waals surface area (Å²) in [4.78, 5) is 4.38. The van der Waals surface area contributed by atoms with Crippen LogP contribution in [0.4, 0.5) is 0 Å². The van der Waals surface area contributed by atoms with Gasteiger partial charge in [-0.25, -0.2) is 4.98 Å². The number of fused-ring (bicyclic) bond motifs is 1. The number of benzene rings is 1. The van der Waals surface area contributed by atoms with Crippen molar-refractivity contribution in [3.05, 3.63) is 23.2 Å². The average Bonchev–Trinajstić information content (AvgIpc) is 2.55. The van der Waals surface area contributed by atoms with Crippen molar-refractivity contribution in [1.82, 2.24) is 4.98 Å². The molecule has 0 saturated carbocycles.